The van der Waals surface area contributed by atoms with Crippen molar-refractivity contribution in [3.8, 4) is 5.88 Å². The topological polar surface area (TPSA) is 78.8 Å². The van der Waals surface area contributed by atoms with Gasteiger partial charge in [0.15, 0.2) is 0 Å². The van der Waals surface area contributed by atoms with Gasteiger partial charge in [0, 0.05) is 45.0 Å². The molecule has 0 aromatic carbocycles. The molecule has 1 fully saturated rings. The van der Waals surface area contributed by atoms with Gasteiger partial charge in [-0.05, 0) is 17.0 Å². The monoisotopic (exact) mass is 334 g/mol. The average Bonchev–Trinajstić information content (AvgIpc) is 3.04. The summed E-state index contributed by atoms with van der Waals surface area (Å²) in [4.78, 5) is 24.6. The van der Waals surface area contributed by atoms with Crippen LogP contribution < -0.4 is 9.64 Å². The third-order valence-corrected chi connectivity index (χ3v) is 4.76. The third-order valence-electron chi connectivity index (χ3n) is 3.82. The minimum absolute atomic E-state index is 0.434. The fourth-order valence-electron chi connectivity index (χ4n) is 2.59. The Morgan fingerprint density at radius 3 is 2.83 bits per heavy atom. The molecule has 0 saturated carbocycles. The second kappa shape index (κ2) is 6.93. The van der Waals surface area contributed by atoms with Crippen molar-refractivity contribution in [1.29, 1.82) is 0 Å². The molecule has 8 heteroatoms. The van der Waals surface area contributed by atoms with Crippen LogP contribution in [0.1, 0.15) is 15.2 Å². The molecule has 2 aromatic rings. The summed E-state index contributed by atoms with van der Waals surface area (Å²) >= 11 is 1.28. The zero-order valence-corrected chi connectivity index (χ0v) is 13.6. The molecule has 3 heterocycles. The van der Waals surface area contributed by atoms with Crippen LogP contribution in [0.3, 0.4) is 0 Å². The van der Waals surface area contributed by atoms with E-state index in [0.717, 1.165) is 31.7 Å². The van der Waals surface area contributed by atoms with Crippen LogP contribution in [0.5, 0.6) is 5.88 Å². The normalized spacial score (nSPS) is 15.6. The number of carboxylic acid groups (broad SMARTS) is 1. The van der Waals surface area contributed by atoms with E-state index in [9.17, 15) is 9.90 Å². The number of thiophene rings is 1. The molecular formula is C15H18N4O3S. The zero-order chi connectivity index (χ0) is 16.2. The Bertz CT molecular complexity index is 683. The number of methoxy groups -OCH3 is 1. The molecule has 1 saturated heterocycles. The summed E-state index contributed by atoms with van der Waals surface area (Å²) in [7, 11) is 1.59. The van der Waals surface area contributed by atoms with Crippen LogP contribution in [0.25, 0.3) is 0 Å². The van der Waals surface area contributed by atoms with Crippen molar-refractivity contribution in [3.05, 3.63) is 34.2 Å². The Labute approximate surface area is 138 Å². The molecule has 122 valence electrons. The van der Waals surface area contributed by atoms with E-state index in [-0.39, 0.29) is 0 Å². The first-order valence-corrected chi connectivity index (χ1v) is 8.19. The highest BCUT2D eigenvalue weighted by Crippen LogP contribution is 2.20. The van der Waals surface area contributed by atoms with Crippen molar-refractivity contribution in [2.45, 2.75) is 6.54 Å². The van der Waals surface area contributed by atoms with Gasteiger partial charge in [0.05, 0.1) is 7.11 Å². The van der Waals surface area contributed by atoms with Crippen LogP contribution in [0, 0.1) is 0 Å². The molecule has 3 rings (SSSR count). The lowest BCUT2D eigenvalue weighted by Crippen LogP contribution is -2.46. The van der Waals surface area contributed by atoms with Gasteiger partial charge in [-0.3, -0.25) is 4.90 Å². The molecular weight excluding hydrogens is 316 g/mol. The first kappa shape index (κ1) is 15.7. The van der Waals surface area contributed by atoms with Crippen molar-refractivity contribution >= 4 is 23.3 Å². The average molecular weight is 334 g/mol. The van der Waals surface area contributed by atoms with Crippen LogP contribution in [-0.4, -0.2) is 59.2 Å². The largest absolute Gasteiger partial charge is 0.481 e. The number of carbonyl (C=O) groups is 1. The molecule has 0 radical (unpaired) electrons. The lowest BCUT2D eigenvalue weighted by Gasteiger charge is -2.34. The smallest absolute Gasteiger partial charge is 0.346 e. The number of nitrogens with zero attached hydrogens (tertiary/aromatic N) is 4. The molecule has 0 aliphatic carbocycles. The summed E-state index contributed by atoms with van der Waals surface area (Å²) < 4.78 is 5.13. The van der Waals surface area contributed by atoms with Crippen molar-refractivity contribution in [1.82, 2.24) is 14.9 Å². The number of hydrogen-bond acceptors (Lipinski definition) is 7. The Morgan fingerprint density at radius 1 is 1.35 bits per heavy atom. The minimum Gasteiger partial charge on any atom is -0.481 e. The predicted molar refractivity (Wildman–Crippen MR) is 87.4 cm³/mol. The van der Waals surface area contributed by atoms with Gasteiger partial charge >= 0.3 is 5.97 Å². The predicted octanol–water partition coefficient (Wildman–Crippen LogP) is 1.57. The van der Waals surface area contributed by atoms with Gasteiger partial charge in [0.1, 0.15) is 4.88 Å². The molecule has 0 spiro atoms. The van der Waals surface area contributed by atoms with E-state index in [2.05, 4.69) is 19.8 Å². The molecule has 1 aliphatic heterocycles. The lowest BCUT2D eigenvalue weighted by molar-refractivity contribution is 0.0700. The molecule has 1 aliphatic rings. The van der Waals surface area contributed by atoms with E-state index in [1.165, 1.54) is 11.3 Å². The summed E-state index contributed by atoms with van der Waals surface area (Å²) in [5.41, 5.74) is 0.883. The summed E-state index contributed by atoms with van der Waals surface area (Å²) in [6.07, 6.45) is 1.69. The molecule has 23 heavy (non-hydrogen) atoms. The summed E-state index contributed by atoms with van der Waals surface area (Å²) in [6, 6.07) is 3.62. The summed E-state index contributed by atoms with van der Waals surface area (Å²) in [5.74, 6) is 0.381. The highest BCUT2D eigenvalue weighted by molar-refractivity contribution is 7.12. The third kappa shape index (κ3) is 3.59. The number of aromatic nitrogens is 2. The fourth-order valence-corrected chi connectivity index (χ4v) is 3.35. The van der Waals surface area contributed by atoms with Crippen LogP contribution in [0.4, 0.5) is 5.95 Å². The number of rotatable bonds is 5. The van der Waals surface area contributed by atoms with Gasteiger partial charge in [-0.1, -0.05) is 0 Å². The minimum atomic E-state index is -0.849. The number of aromatic carboxylic acids is 1. The fraction of sp³-hybridized carbons (Fsp3) is 0.400. The number of carboxylic acids is 1. The molecule has 0 unspecified atom stereocenters. The van der Waals surface area contributed by atoms with E-state index in [1.54, 1.807) is 19.4 Å². The molecule has 0 amide bonds. The molecule has 2 aromatic heterocycles. The van der Waals surface area contributed by atoms with Gasteiger partial charge in [-0.2, -0.15) is 4.98 Å². The Morgan fingerprint density at radius 2 is 2.13 bits per heavy atom. The first-order valence-electron chi connectivity index (χ1n) is 7.31. The van der Waals surface area contributed by atoms with Gasteiger partial charge in [0.2, 0.25) is 11.8 Å². The maximum Gasteiger partial charge on any atom is 0.346 e. The van der Waals surface area contributed by atoms with Crippen molar-refractivity contribution in [3.63, 3.8) is 0 Å². The van der Waals surface area contributed by atoms with E-state index >= 15 is 0 Å². The lowest BCUT2D eigenvalue weighted by atomic mass is 10.2. The zero-order valence-electron chi connectivity index (χ0n) is 12.8. The van der Waals surface area contributed by atoms with Gasteiger partial charge in [-0.15, -0.1) is 11.3 Å². The Balaban J connectivity index is 1.60. The van der Waals surface area contributed by atoms with Crippen LogP contribution in [0.15, 0.2) is 23.7 Å². The maximum atomic E-state index is 11.2. The molecule has 7 nitrogen and oxygen atoms in total. The maximum absolute atomic E-state index is 11.2. The SMILES string of the molecule is COc1ccnc(N2CCN(Cc3ccsc3C(=O)O)CC2)n1. The second-order valence-corrected chi connectivity index (χ2v) is 6.16. The second-order valence-electron chi connectivity index (χ2n) is 5.24. The number of anilines is 1. The van der Waals surface area contributed by atoms with Crippen molar-refractivity contribution in [2.24, 2.45) is 0 Å². The summed E-state index contributed by atoms with van der Waals surface area (Å²) in [5, 5.41) is 11.0. The van der Waals surface area contributed by atoms with E-state index < -0.39 is 5.97 Å². The van der Waals surface area contributed by atoms with Gasteiger partial charge in [-0.25, -0.2) is 9.78 Å². The number of hydrogen-bond donors (Lipinski definition) is 1. The highest BCUT2D eigenvalue weighted by Gasteiger charge is 2.21. The van der Waals surface area contributed by atoms with E-state index in [4.69, 9.17) is 4.74 Å². The summed E-state index contributed by atoms with van der Waals surface area (Å²) in [6.45, 7) is 3.96. The van der Waals surface area contributed by atoms with Gasteiger partial charge < -0.3 is 14.7 Å². The Hall–Kier alpha value is -2.19. The highest BCUT2D eigenvalue weighted by atomic mass is 32.1. The van der Waals surface area contributed by atoms with Crippen LogP contribution in [-0.2, 0) is 6.54 Å². The molecule has 0 bridgehead atoms. The van der Waals surface area contributed by atoms with Crippen molar-refractivity contribution < 1.29 is 14.6 Å². The quantitative estimate of drug-likeness (QED) is 0.889. The molecule has 1 N–H and O–H groups in total. The number of ether oxygens (including phenoxy) is 1. The van der Waals surface area contributed by atoms with Gasteiger partial charge in [0.25, 0.3) is 0 Å². The molecule has 0 atom stereocenters. The van der Waals surface area contributed by atoms with E-state index in [0.29, 0.717) is 23.3 Å². The standard InChI is InChI=1S/C15H18N4O3S/c1-22-12-2-4-16-15(17-12)19-7-5-18(6-8-19)10-11-3-9-23-13(11)14(20)21/h2-4,9H,5-8,10H2,1H3,(H,20,21). The van der Waals surface area contributed by atoms with Crippen molar-refractivity contribution in [2.75, 3.05) is 38.2 Å². The van der Waals surface area contributed by atoms with Crippen LogP contribution >= 0.6 is 11.3 Å². The number of piperazine rings is 1. The first-order chi connectivity index (χ1) is 11.2. The van der Waals surface area contributed by atoms with Crippen LogP contribution in [0.2, 0.25) is 0 Å². The van der Waals surface area contributed by atoms with E-state index in [1.807, 2.05) is 11.4 Å². The Kier molecular flexibility index (Phi) is 4.73.